The number of nitrogens with one attached hydrogen (secondary N) is 1. The second-order valence-electron chi connectivity index (χ2n) is 5.21. The standard InChI is InChI=1S/C16H12F3N3O3/c1-3-25-16(24)14-7(2)21-22-13(23)6-12(20-15(14)22)8-4-10(18)11(19)5-9(8)17/h4-6,20H,3H2,1-2H3. The molecule has 2 aromatic heterocycles. The highest BCUT2D eigenvalue weighted by Crippen LogP contribution is 2.24. The van der Waals surface area contributed by atoms with Crippen molar-refractivity contribution in [2.24, 2.45) is 0 Å². The third-order valence-corrected chi connectivity index (χ3v) is 3.57. The first-order valence-electron chi connectivity index (χ1n) is 7.28. The quantitative estimate of drug-likeness (QED) is 0.581. The summed E-state index contributed by atoms with van der Waals surface area (Å²) in [6.07, 6.45) is 0. The van der Waals surface area contributed by atoms with Gasteiger partial charge < -0.3 is 9.72 Å². The van der Waals surface area contributed by atoms with Gasteiger partial charge >= 0.3 is 5.97 Å². The van der Waals surface area contributed by atoms with E-state index in [-0.39, 0.29) is 34.8 Å². The summed E-state index contributed by atoms with van der Waals surface area (Å²) in [6.45, 7) is 3.23. The molecule has 6 nitrogen and oxygen atoms in total. The van der Waals surface area contributed by atoms with Crippen LogP contribution in [0.5, 0.6) is 0 Å². The minimum atomic E-state index is -1.35. The van der Waals surface area contributed by atoms with Crippen LogP contribution in [-0.2, 0) is 4.74 Å². The van der Waals surface area contributed by atoms with Crippen LogP contribution in [0.25, 0.3) is 16.9 Å². The fourth-order valence-corrected chi connectivity index (χ4v) is 2.47. The number of nitrogens with zero attached hydrogens (tertiary/aromatic N) is 2. The average molecular weight is 351 g/mol. The minimum Gasteiger partial charge on any atom is -0.462 e. The Kier molecular flexibility index (Phi) is 4.07. The first-order chi connectivity index (χ1) is 11.8. The Morgan fingerprint density at radius 3 is 2.56 bits per heavy atom. The van der Waals surface area contributed by atoms with Crippen molar-refractivity contribution in [3.05, 3.63) is 57.3 Å². The van der Waals surface area contributed by atoms with Crippen molar-refractivity contribution in [2.45, 2.75) is 13.8 Å². The molecule has 0 spiro atoms. The molecule has 0 fully saturated rings. The number of aromatic amines is 1. The topological polar surface area (TPSA) is 76.5 Å². The maximum absolute atomic E-state index is 14.0. The number of hydrogen-bond acceptors (Lipinski definition) is 4. The fraction of sp³-hybridized carbons (Fsp3) is 0.188. The van der Waals surface area contributed by atoms with Gasteiger partial charge in [0, 0.05) is 17.7 Å². The molecule has 1 N–H and O–H groups in total. The molecule has 1 aromatic carbocycles. The van der Waals surface area contributed by atoms with Crippen LogP contribution in [-0.4, -0.2) is 27.2 Å². The summed E-state index contributed by atoms with van der Waals surface area (Å²) >= 11 is 0. The third-order valence-electron chi connectivity index (χ3n) is 3.57. The number of carbonyl (C=O) groups excluding carboxylic acids is 1. The number of hydrogen-bond donors (Lipinski definition) is 1. The van der Waals surface area contributed by atoms with Gasteiger partial charge in [-0.25, -0.2) is 18.0 Å². The van der Waals surface area contributed by atoms with E-state index in [1.807, 2.05) is 0 Å². The van der Waals surface area contributed by atoms with Crippen molar-refractivity contribution in [3.63, 3.8) is 0 Å². The molecule has 0 unspecified atom stereocenters. The number of esters is 1. The minimum absolute atomic E-state index is 0.00351. The molecule has 0 aliphatic carbocycles. The molecule has 0 aliphatic heterocycles. The zero-order chi connectivity index (χ0) is 18.3. The van der Waals surface area contributed by atoms with Gasteiger partial charge in [-0.05, 0) is 19.9 Å². The van der Waals surface area contributed by atoms with Crippen LogP contribution in [0.1, 0.15) is 23.0 Å². The van der Waals surface area contributed by atoms with Crippen molar-refractivity contribution >= 4 is 11.6 Å². The molecule has 0 amide bonds. The number of fused-ring (bicyclic) bond motifs is 1. The molecule has 0 bridgehead atoms. The predicted octanol–water partition coefficient (Wildman–Crippen LogP) is 2.59. The van der Waals surface area contributed by atoms with E-state index >= 15 is 0 Å². The van der Waals surface area contributed by atoms with Crippen LogP contribution in [0.3, 0.4) is 0 Å². The monoisotopic (exact) mass is 351 g/mol. The lowest BCUT2D eigenvalue weighted by Gasteiger charge is -2.06. The third kappa shape index (κ3) is 2.77. The lowest BCUT2D eigenvalue weighted by Crippen LogP contribution is -2.15. The number of aryl methyl sites for hydroxylation is 1. The highest BCUT2D eigenvalue weighted by molar-refractivity contribution is 5.97. The number of H-pyrrole nitrogens is 1. The summed E-state index contributed by atoms with van der Waals surface area (Å²) in [5.74, 6) is -4.40. The van der Waals surface area contributed by atoms with Crippen molar-refractivity contribution in [2.75, 3.05) is 6.61 Å². The van der Waals surface area contributed by atoms with E-state index in [1.165, 1.54) is 6.92 Å². The first kappa shape index (κ1) is 16.7. The Morgan fingerprint density at radius 2 is 1.88 bits per heavy atom. The van der Waals surface area contributed by atoms with Gasteiger partial charge in [-0.3, -0.25) is 4.79 Å². The molecule has 130 valence electrons. The molecule has 3 aromatic rings. The second kappa shape index (κ2) is 6.08. The first-order valence-corrected chi connectivity index (χ1v) is 7.28. The number of halogens is 3. The molecule has 0 atom stereocenters. The van der Waals surface area contributed by atoms with E-state index in [9.17, 15) is 22.8 Å². The highest BCUT2D eigenvalue weighted by Gasteiger charge is 2.22. The van der Waals surface area contributed by atoms with E-state index in [0.717, 1.165) is 10.6 Å². The Morgan fingerprint density at radius 1 is 1.20 bits per heavy atom. The largest absolute Gasteiger partial charge is 0.462 e. The van der Waals surface area contributed by atoms with E-state index < -0.39 is 29.0 Å². The van der Waals surface area contributed by atoms with E-state index in [1.54, 1.807) is 6.92 Å². The molecule has 0 aliphatic rings. The molecule has 0 radical (unpaired) electrons. The van der Waals surface area contributed by atoms with Gasteiger partial charge in [0.05, 0.1) is 18.0 Å². The molecular weight excluding hydrogens is 339 g/mol. The molecule has 3 rings (SSSR count). The Labute approximate surface area is 138 Å². The van der Waals surface area contributed by atoms with Gasteiger partial charge in [0.1, 0.15) is 11.4 Å². The predicted molar refractivity (Wildman–Crippen MR) is 81.8 cm³/mol. The van der Waals surface area contributed by atoms with Crippen molar-refractivity contribution < 1.29 is 22.7 Å². The van der Waals surface area contributed by atoms with Gasteiger partial charge in [0.25, 0.3) is 5.56 Å². The van der Waals surface area contributed by atoms with Crippen molar-refractivity contribution in [1.82, 2.24) is 14.6 Å². The summed E-state index contributed by atoms with van der Waals surface area (Å²) in [6, 6.07) is 1.98. The number of ether oxygens (including phenoxy) is 1. The van der Waals surface area contributed by atoms with E-state index in [4.69, 9.17) is 4.74 Å². The summed E-state index contributed by atoms with van der Waals surface area (Å²) in [4.78, 5) is 27.0. The van der Waals surface area contributed by atoms with Gasteiger partial charge in [0.15, 0.2) is 17.3 Å². The van der Waals surface area contributed by atoms with E-state index in [0.29, 0.717) is 12.1 Å². The maximum Gasteiger partial charge on any atom is 0.343 e. The van der Waals surface area contributed by atoms with E-state index in [2.05, 4.69) is 10.1 Å². The van der Waals surface area contributed by atoms with Crippen LogP contribution in [0.15, 0.2) is 23.0 Å². The summed E-state index contributed by atoms with van der Waals surface area (Å²) in [5, 5.41) is 3.95. The Balaban J connectivity index is 2.29. The SMILES string of the molecule is CCOC(=O)c1c(C)nn2c(=O)cc(-c3cc(F)c(F)cc3F)[nH]c12. The van der Waals surface area contributed by atoms with Gasteiger partial charge in [-0.1, -0.05) is 0 Å². The smallest absolute Gasteiger partial charge is 0.343 e. The molecule has 0 saturated heterocycles. The number of benzene rings is 1. The Hall–Kier alpha value is -3.10. The lowest BCUT2D eigenvalue weighted by atomic mass is 10.1. The molecule has 25 heavy (non-hydrogen) atoms. The molecule has 0 saturated carbocycles. The molecule has 9 heteroatoms. The average Bonchev–Trinajstić information content (AvgIpc) is 2.88. The van der Waals surface area contributed by atoms with Gasteiger partial charge in [-0.2, -0.15) is 9.61 Å². The molecule has 2 heterocycles. The van der Waals surface area contributed by atoms with Crippen LogP contribution >= 0.6 is 0 Å². The summed E-state index contributed by atoms with van der Waals surface area (Å²) < 4.78 is 46.4. The maximum atomic E-state index is 14.0. The van der Waals surface area contributed by atoms with Crippen LogP contribution < -0.4 is 5.56 Å². The van der Waals surface area contributed by atoms with Crippen LogP contribution in [0.2, 0.25) is 0 Å². The summed E-state index contributed by atoms with van der Waals surface area (Å²) in [7, 11) is 0. The van der Waals surface area contributed by atoms with Gasteiger partial charge in [0.2, 0.25) is 0 Å². The van der Waals surface area contributed by atoms with Crippen molar-refractivity contribution in [3.8, 4) is 11.3 Å². The second-order valence-corrected chi connectivity index (χ2v) is 5.21. The number of rotatable bonds is 3. The zero-order valence-corrected chi connectivity index (χ0v) is 13.2. The normalized spacial score (nSPS) is 11.1. The zero-order valence-electron chi connectivity index (χ0n) is 13.2. The lowest BCUT2D eigenvalue weighted by molar-refractivity contribution is 0.0527. The number of aromatic nitrogens is 3. The Bertz CT molecular complexity index is 1060. The molecular formula is C16H12F3N3O3. The highest BCUT2D eigenvalue weighted by atomic mass is 19.2. The van der Waals surface area contributed by atoms with Crippen LogP contribution in [0.4, 0.5) is 13.2 Å². The van der Waals surface area contributed by atoms with Crippen molar-refractivity contribution in [1.29, 1.82) is 0 Å². The fourth-order valence-electron chi connectivity index (χ4n) is 2.47. The van der Waals surface area contributed by atoms with Crippen LogP contribution in [0, 0.1) is 24.4 Å². The van der Waals surface area contributed by atoms with Gasteiger partial charge in [-0.15, -0.1) is 0 Å². The summed E-state index contributed by atoms with van der Waals surface area (Å²) in [5.41, 5.74) is -0.945. The number of carbonyl (C=O) groups is 1.